The Morgan fingerprint density at radius 1 is 1.36 bits per heavy atom. The van der Waals surface area contributed by atoms with E-state index in [2.05, 4.69) is 4.74 Å². The van der Waals surface area contributed by atoms with Crippen LogP contribution in [0.4, 0.5) is 13.2 Å². The molecule has 1 aliphatic heterocycles. The lowest BCUT2D eigenvalue weighted by atomic mass is 9.85. The van der Waals surface area contributed by atoms with Crippen LogP contribution in [0.15, 0.2) is 18.2 Å². The Bertz CT molecular complexity index is 650. The molecule has 0 N–H and O–H groups in total. The molecule has 0 radical (unpaired) electrons. The minimum Gasteiger partial charge on any atom is -0.468 e. The monoisotopic (exact) mass is 313 g/mol. The van der Waals surface area contributed by atoms with Gasteiger partial charge in [0.1, 0.15) is 6.54 Å². The zero-order valence-electron chi connectivity index (χ0n) is 11.9. The number of esters is 1. The number of alkyl halides is 3. The van der Waals surface area contributed by atoms with Crippen LogP contribution in [0.2, 0.25) is 0 Å². The molecular weight excluding hydrogens is 299 g/mol. The smallest absolute Gasteiger partial charge is 0.416 e. The molecule has 0 atom stereocenters. The first-order chi connectivity index (χ1) is 10.3. The van der Waals surface area contributed by atoms with Crippen molar-refractivity contribution in [3.8, 4) is 0 Å². The summed E-state index contributed by atoms with van der Waals surface area (Å²) in [6.45, 7) is 0.0762. The maximum absolute atomic E-state index is 12.9. The van der Waals surface area contributed by atoms with Gasteiger partial charge in [0.15, 0.2) is 0 Å². The van der Waals surface area contributed by atoms with Crippen molar-refractivity contribution in [1.82, 2.24) is 4.90 Å². The van der Waals surface area contributed by atoms with Gasteiger partial charge in [-0.25, -0.2) is 0 Å². The molecule has 22 heavy (non-hydrogen) atoms. The number of benzene rings is 1. The van der Waals surface area contributed by atoms with Crippen molar-refractivity contribution in [3.63, 3.8) is 0 Å². The minimum atomic E-state index is -4.43. The average Bonchev–Trinajstić information content (AvgIpc) is 3.23. The van der Waals surface area contributed by atoms with Gasteiger partial charge in [0, 0.05) is 17.5 Å². The zero-order chi connectivity index (χ0) is 16.1. The normalized spacial score (nSPS) is 19.1. The molecule has 2 aliphatic rings. The van der Waals surface area contributed by atoms with Crippen molar-refractivity contribution >= 4 is 11.9 Å². The molecule has 0 unspecified atom stereocenters. The van der Waals surface area contributed by atoms with Crippen LogP contribution in [0.3, 0.4) is 0 Å². The first kappa shape index (κ1) is 14.9. The van der Waals surface area contributed by atoms with Crippen LogP contribution in [0, 0.1) is 0 Å². The summed E-state index contributed by atoms with van der Waals surface area (Å²) in [5.41, 5.74) is -0.487. The Morgan fingerprint density at radius 3 is 2.59 bits per heavy atom. The highest BCUT2D eigenvalue weighted by molar-refractivity contribution is 5.99. The third-order valence-electron chi connectivity index (χ3n) is 4.33. The Hall–Kier alpha value is -2.05. The molecule has 1 heterocycles. The van der Waals surface area contributed by atoms with Gasteiger partial charge in [-0.15, -0.1) is 0 Å². The van der Waals surface area contributed by atoms with Crippen molar-refractivity contribution in [3.05, 3.63) is 34.9 Å². The van der Waals surface area contributed by atoms with Gasteiger partial charge in [0.05, 0.1) is 12.7 Å². The lowest BCUT2D eigenvalue weighted by Gasteiger charge is -2.34. The molecule has 4 nitrogen and oxygen atoms in total. The van der Waals surface area contributed by atoms with Crippen molar-refractivity contribution < 1.29 is 27.5 Å². The molecule has 7 heteroatoms. The number of nitrogens with zero attached hydrogens (tertiary/aromatic N) is 1. The number of methoxy groups -OCH3 is 1. The highest BCUT2D eigenvalue weighted by Crippen LogP contribution is 2.53. The van der Waals surface area contributed by atoms with Crippen LogP contribution in [0.5, 0.6) is 0 Å². The van der Waals surface area contributed by atoms with Gasteiger partial charge in [0.25, 0.3) is 5.91 Å². The fourth-order valence-corrected chi connectivity index (χ4v) is 2.96. The number of fused-ring (bicyclic) bond motifs is 2. The van der Waals surface area contributed by atoms with Crippen LogP contribution in [-0.2, 0) is 21.1 Å². The van der Waals surface area contributed by atoms with E-state index in [4.69, 9.17) is 0 Å². The van der Waals surface area contributed by atoms with Gasteiger partial charge in [-0.3, -0.25) is 9.59 Å². The summed E-state index contributed by atoms with van der Waals surface area (Å²) in [7, 11) is 1.23. The van der Waals surface area contributed by atoms with E-state index in [1.54, 1.807) is 0 Å². The number of hydrogen-bond acceptors (Lipinski definition) is 3. The van der Waals surface area contributed by atoms with E-state index in [9.17, 15) is 22.8 Å². The lowest BCUT2D eigenvalue weighted by Crippen LogP contribution is -2.46. The predicted molar refractivity (Wildman–Crippen MR) is 70.3 cm³/mol. The largest absolute Gasteiger partial charge is 0.468 e. The fourth-order valence-electron chi connectivity index (χ4n) is 2.96. The van der Waals surface area contributed by atoms with E-state index in [0.717, 1.165) is 12.1 Å². The van der Waals surface area contributed by atoms with E-state index >= 15 is 0 Å². The van der Waals surface area contributed by atoms with Crippen molar-refractivity contribution in [2.75, 3.05) is 20.2 Å². The Morgan fingerprint density at radius 2 is 2.05 bits per heavy atom. The molecule has 1 aliphatic carbocycles. The molecule has 0 bridgehead atoms. The molecule has 1 amide bonds. The molecule has 0 saturated heterocycles. The van der Waals surface area contributed by atoms with Crippen molar-refractivity contribution in [2.45, 2.75) is 24.4 Å². The summed E-state index contributed by atoms with van der Waals surface area (Å²) in [5.74, 6) is -0.967. The summed E-state index contributed by atoms with van der Waals surface area (Å²) < 4.78 is 43.2. The molecule has 1 fully saturated rings. The number of ether oxygens (including phenoxy) is 1. The third-order valence-corrected chi connectivity index (χ3v) is 4.33. The Labute approximate surface area is 124 Å². The van der Waals surface area contributed by atoms with Gasteiger partial charge in [0.2, 0.25) is 0 Å². The van der Waals surface area contributed by atoms with Gasteiger partial charge >= 0.3 is 12.1 Å². The van der Waals surface area contributed by atoms with E-state index in [1.807, 2.05) is 0 Å². The fraction of sp³-hybridized carbons (Fsp3) is 0.467. The second-order valence-corrected chi connectivity index (χ2v) is 5.78. The third kappa shape index (κ3) is 2.34. The summed E-state index contributed by atoms with van der Waals surface area (Å²) in [4.78, 5) is 25.1. The second kappa shape index (κ2) is 4.72. The quantitative estimate of drug-likeness (QED) is 0.788. The highest BCUT2D eigenvalue weighted by atomic mass is 19.4. The SMILES string of the molecule is COC(=O)CN1CC2(CC2)c2cc(C(F)(F)F)ccc2C1=O. The highest BCUT2D eigenvalue weighted by Gasteiger charge is 2.52. The van der Waals surface area contributed by atoms with Crippen molar-refractivity contribution in [2.24, 2.45) is 0 Å². The molecule has 1 spiro atoms. The summed E-state index contributed by atoms with van der Waals surface area (Å²) >= 11 is 0. The molecule has 1 aromatic carbocycles. The van der Waals surface area contributed by atoms with Gasteiger partial charge in [-0.05, 0) is 36.6 Å². The Kier molecular flexibility index (Phi) is 3.19. The van der Waals surface area contributed by atoms with E-state index in [1.165, 1.54) is 18.1 Å². The lowest BCUT2D eigenvalue weighted by molar-refractivity contribution is -0.141. The predicted octanol–water partition coefficient (Wildman–Crippen LogP) is 2.37. The molecular formula is C15H14F3NO3. The molecule has 1 saturated carbocycles. The molecule has 3 rings (SSSR count). The summed E-state index contributed by atoms with van der Waals surface area (Å²) in [5, 5.41) is 0. The molecule has 1 aromatic rings. The standard InChI is InChI=1S/C15H14F3NO3/c1-22-12(20)7-19-8-14(4-5-14)11-6-9(15(16,17)18)2-3-10(11)13(19)21/h2-3,6H,4-5,7-8H2,1H3. The number of carbonyl (C=O) groups excluding carboxylic acids is 2. The first-order valence-electron chi connectivity index (χ1n) is 6.85. The van der Waals surface area contributed by atoms with Crippen LogP contribution in [0.1, 0.15) is 34.3 Å². The van der Waals surface area contributed by atoms with Crippen LogP contribution < -0.4 is 0 Å². The number of amides is 1. The number of rotatable bonds is 2. The minimum absolute atomic E-state index is 0.183. The number of carbonyl (C=O) groups is 2. The van der Waals surface area contributed by atoms with E-state index in [-0.39, 0.29) is 18.7 Å². The maximum Gasteiger partial charge on any atom is 0.416 e. The first-order valence-corrected chi connectivity index (χ1v) is 6.85. The Balaban J connectivity index is 1.99. The van der Waals surface area contributed by atoms with Crippen LogP contribution >= 0.6 is 0 Å². The molecule has 0 aromatic heterocycles. The van der Waals surface area contributed by atoms with Crippen molar-refractivity contribution in [1.29, 1.82) is 0 Å². The number of halogens is 3. The number of hydrogen-bond donors (Lipinski definition) is 0. The van der Waals surface area contributed by atoms with Crippen LogP contribution in [0.25, 0.3) is 0 Å². The zero-order valence-corrected chi connectivity index (χ0v) is 11.9. The van der Waals surface area contributed by atoms with Gasteiger partial charge < -0.3 is 9.64 Å². The topological polar surface area (TPSA) is 46.6 Å². The maximum atomic E-state index is 12.9. The van der Waals surface area contributed by atoms with E-state index < -0.39 is 29.0 Å². The van der Waals surface area contributed by atoms with Gasteiger partial charge in [-0.2, -0.15) is 13.2 Å². The van der Waals surface area contributed by atoms with E-state index in [0.29, 0.717) is 18.4 Å². The second-order valence-electron chi connectivity index (χ2n) is 5.78. The average molecular weight is 313 g/mol. The summed E-state index contributed by atoms with van der Waals surface area (Å²) in [6.07, 6.45) is -3.00. The van der Waals surface area contributed by atoms with Gasteiger partial charge in [-0.1, -0.05) is 0 Å². The van der Waals surface area contributed by atoms with Crippen LogP contribution in [-0.4, -0.2) is 37.0 Å². The molecule has 118 valence electrons. The summed E-state index contributed by atoms with van der Waals surface area (Å²) in [6, 6.07) is 3.20.